The number of nitrogens with one attached hydrogen (secondary N) is 1. The molecule has 1 aromatic rings. The molecule has 5 nitrogen and oxygen atoms in total. The van der Waals surface area contributed by atoms with E-state index >= 15 is 0 Å². The highest BCUT2D eigenvalue weighted by atomic mass is 16.6. The lowest BCUT2D eigenvalue weighted by atomic mass is 10.0. The van der Waals surface area contributed by atoms with Crippen molar-refractivity contribution in [2.24, 2.45) is 0 Å². The number of amides is 1. The predicted octanol–water partition coefficient (Wildman–Crippen LogP) is 3.82. The van der Waals surface area contributed by atoms with Gasteiger partial charge in [0.05, 0.1) is 0 Å². The lowest BCUT2D eigenvalue weighted by Gasteiger charge is -2.34. The molecule has 1 rings (SSSR count). The van der Waals surface area contributed by atoms with Gasteiger partial charge in [-0.15, -0.1) is 0 Å². The van der Waals surface area contributed by atoms with Crippen molar-refractivity contribution in [2.45, 2.75) is 78.6 Å². The van der Waals surface area contributed by atoms with Gasteiger partial charge in [-0.25, -0.2) is 4.79 Å². The van der Waals surface area contributed by atoms with Gasteiger partial charge >= 0.3 is 6.09 Å². The summed E-state index contributed by atoms with van der Waals surface area (Å²) in [5.41, 5.74) is 7.14. The van der Waals surface area contributed by atoms with Crippen LogP contribution >= 0.6 is 0 Å². The number of hydrogen-bond donors (Lipinski definition) is 2. The summed E-state index contributed by atoms with van der Waals surface area (Å²) in [5.74, 6) is 0. The Morgan fingerprint density at radius 2 is 1.64 bits per heavy atom. The fourth-order valence-corrected chi connectivity index (χ4v) is 2.85. The number of hydrogen-bond acceptors (Lipinski definition) is 4. The number of alkyl carbamates (subject to hydrolysis) is 1. The van der Waals surface area contributed by atoms with Crippen molar-refractivity contribution in [2.75, 3.05) is 12.3 Å². The third-order valence-corrected chi connectivity index (χ3v) is 3.94. The molecule has 0 unspecified atom stereocenters. The van der Waals surface area contributed by atoms with Crippen molar-refractivity contribution in [3.8, 4) is 0 Å². The highest BCUT2D eigenvalue weighted by Gasteiger charge is 2.23. The van der Waals surface area contributed by atoms with Crippen molar-refractivity contribution < 1.29 is 9.53 Å². The van der Waals surface area contributed by atoms with E-state index in [0.29, 0.717) is 12.1 Å². The minimum Gasteiger partial charge on any atom is -0.444 e. The van der Waals surface area contributed by atoms with Crippen LogP contribution in [0.3, 0.4) is 0 Å². The zero-order chi connectivity index (χ0) is 19.2. The van der Waals surface area contributed by atoms with Gasteiger partial charge in [-0.3, -0.25) is 4.90 Å². The van der Waals surface area contributed by atoms with Gasteiger partial charge in [0.25, 0.3) is 0 Å². The molecule has 142 valence electrons. The third-order valence-electron chi connectivity index (χ3n) is 3.94. The van der Waals surface area contributed by atoms with E-state index in [-0.39, 0.29) is 12.1 Å². The highest BCUT2D eigenvalue weighted by molar-refractivity contribution is 5.68. The van der Waals surface area contributed by atoms with Crippen LogP contribution in [-0.4, -0.2) is 41.3 Å². The normalized spacial score (nSPS) is 13.4. The Hall–Kier alpha value is -1.75. The van der Waals surface area contributed by atoms with Crippen LogP contribution in [0, 0.1) is 0 Å². The predicted molar refractivity (Wildman–Crippen MR) is 105 cm³/mol. The van der Waals surface area contributed by atoms with Crippen LogP contribution in [0.2, 0.25) is 0 Å². The van der Waals surface area contributed by atoms with E-state index in [0.717, 1.165) is 24.2 Å². The number of carbonyl (C=O) groups is 1. The molecular weight excluding hydrogens is 314 g/mol. The fourth-order valence-electron chi connectivity index (χ4n) is 2.85. The summed E-state index contributed by atoms with van der Waals surface area (Å²) in [7, 11) is 0. The summed E-state index contributed by atoms with van der Waals surface area (Å²) in [4.78, 5) is 14.6. The monoisotopic (exact) mass is 349 g/mol. The van der Waals surface area contributed by atoms with Crippen molar-refractivity contribution >= 4 is 11.8 Å². The molecule has 0 radical (unpaired) electrons. The molecule has 0 aliphatic heterocycles. The number of nitrogens with two attached hydrogens (primary N) is 1. The molecule has 0 aliphatic carbocycles. The zero-order valence-electron chi connectivity index (χ0n) is 16.8. The molecule has 0 saturated carbocycles. The smallest absolute Gasteiger partial charge is 0.407 e. The summed E-state index contributed by atoms with van der Waals surface area (Å²) in [6.45, 7) is 15.1. The van der Waals surface area contributed by atoms with Gasteiger partial charge in [0, 0.05) is 30.4 Å². The molecule has 0 fully saturated rings. The fraction of sp³-hybridized carbons (Fsp3) is 0.650. The largest absolute Gasteiger partial charge is 0.444 e. The Labute approximate surface area is 152 Å². The number of ether oxygens (including phenoxy) is 1. The second kappa shape index (κ2) is 9.09. The third kappa shape index (κ3) is 8.25. The molecule has 5 heteroatoms. The van der Waals surface area contributed by atoms with Gasteiger partial charge < -0.3 is 15.8 Å². The maximum absolute atomic E-state index is 12.3. The van der Waals surface area contributed by atoms with Crippen molar-refractivity contribution in [3.05, 3.63) is 29.8 Å². The number of nitrogen functional groups attached to an aromatic ring is 1. The Bertz CT molecular complexity index is 525. The van der Waals surface area contributed by atoms with E-state index in [1.807, 2.05) is 45.0 Å². The number of benzene rings is 1. The molecule has 0 bridgehead atoms. The van der Waals surface area contributed by atoms with Crippen molar-refractivity contribution in [1.82, 2.24) is 10.2 Å². The van der Waals surface area contributed by atoms with Crippen LogP contribution < -0.4 is 11.1 Å². The second-order valence-electron chi connectivity index (χ2n) is 8.17. The van der Waals surface area contributed by atoms with Crippen LogP contribution in [0.4, 0.5) is 10.5 Å². The van der Waals surface area contributed by atoms with Crippen LogP contribution in [0.25, 0.3) is 0 Å². The van der Waals surface area contributed by atoms with Gasteiger partial charge in [0.1, 0.15) is 5.60 Å². The molecule has 0 heterocycles. The van der Waals surface area contributed by atoms with Crippen molar-refractivity contribution in [1.29, 1.82) is 0 Å². The van der Waals surface area contributed by atoms with Gasteiger partial charge in [0.2, 0.25) is 0 Å². The minimum absolute atomic E-state index is 0.0386. The SMILES string of the molecule is CC(C)N(C[C@H](Cc1ccc(N)cc1)NC(=O)OC(C)(C)C)C(C)C. The summed E-state index contributed by atoms with van der Waals surface area (Å²) < 4.78 is 5.44. The number of rotatable bonds is 7. The Morgan fingerprint density at radius 1 is 1.12 bits per heavy atom. The Balaban J connectivity index is 2.88. The first-order valence-corrected chi connectivity index (χ1v) is 9.07. The van der Waals surface area contributed by atoms with Crippen LogP contribution in [0.1, 0.15) is 54.0 Å². The first-order chi connectivity index (χ1) is 11.5. The molecular formula is C20H35N3O2. The molecule has 0 saturated heterocycles. The molecule has 0 aliphatic rings. The number of anilines is 1. The topological polar surface area (TPSA) is 67.6 Å². The average molecular weight is 350 g/mol. The molecule has 3 N–H and O–H groups in total. The lowest BCUT2D eigenvalue weighted by molar-refractivity contribution is 0.0477. The minimum atomic E-state index is -0.508. The summed E-state index contributed by atoms with van der Waals surface area (Å²) in [5, 5.41) is 3.04. The van der Waals surface area contributed by atoms with Crippen LogP contribution in [-0.2, 0) is 11.2 Å². The summed E-state index contributed by atoms with van der Waals surface area (Å²) in [6.07, 6.45) is 0.357. The zero-order valence-corrected chi connectivity index (χ0v) is 16.8. The van der Waals surface area contributed by atoms with E-state index in [4.69, 9.17) is 10.5 Å². The summed E-state index contributed by atoms with van der Waals surface area (Å²) >= 11 is 0. The maximum Gasteiger partial charge on any atom is 0.407 e. The first kappa shape index (κ1) is 21.3. The average Bonchev–Trinajstić information content (AvgIpc) is 2.44. The Morgan fingerprint density at radius 3 is 2.08 bits per heavy atom. The van der Waals surface area contributed by atoms with Gasteiger partial charge in [-0.2, -0.15) is 0 Å². The van der Waals surface area contributed by atoms with Crippen LogP contribution in [0.5, 0.6) is 0 Å². The molecule has 0 aromatic heterocycles. The first-order valence-electron chi connectivity index (χ1n) is 9.07. The highest BCUT2D eigenvalue weighted by Crippen LogP contribution is 2.13. The molecule has 1 aromatic carbocycles. The molecule has 1 amide bonds. The second-order valence-corrected chi connectivity index (χ2v) is 8.17. The van der Waals surface area contributed by atoms with Gasteiger partial charge in [0.15, 0.2) is 0 Å². The Kier molecular flexibility index (Phi) is 7.74. The van der Waals surface area contributed by atoms with Crippen molar-refractivity contribution in [3.63, 3.8) is 0 Å². The standard InChI is InChI=1S/C20H35N3O2/c1-14(2)23(15(3)4)13-18(22-19(24)25-20(5,6)7)12-16-8-10-17(21)11-9-16/h8-11,14-15,18H,12-13,21H2,1-7H3,(H,22,24)/t18-/m0/s1. The number of nitrogens with zero attached hydrogens (tertiary/aromatic N) is 1. The quantitative estimate of drug-likeness (QED) is 0.734. The van der Waals surface area contributed by atoms with E-state index in [2.05, 4.69) is 37.9 Å². The van der Waals surface area contributed by atoms with E-state index in [1.165, 1.54) is 0 Å². The van der Waals surface area contributed by atoms with E-state index in [1.54, 1.807) is 0 Å². The van der Waals surface area contributed by atoms with E-state index < -0.39 is 5.60 Å². The van der Waals surface area contributed by atoms with E-state index in [9.17, 15) is 4.79 Å². The molecule has 1 atom stereocenters. The maximum atomic E-state index is 12.3. The number of carbonyl (C=O) groups excluding carboxylic acids is 1. The molecule has 0 spiro atoms. The molecule has 25 heavy (non-hydrogen) atoms. The summed E-state index contributed by atoms with van der Waals surface area (Å²) in [6, 6.07) is 8.56. The van der Waals surface area contributed by atoms with Gasteiger partial charge in [-0.1, -0.05) is 12.1 Å². The van der Waals surface area contributed by atoms with Crippen LogP contribution in [0.15, 0.2) is 24.3 Å². The van der Waals surface area contributed by atoms with Gasteiger partial charge in [-0.05, 0) is 72.6 Å². The lowest BCUT2D eigenvalue weighted by Crippen LogP contribution is -2.50.